The van der Waals surface area contributed by atoms with Crippen molar-refractivity contribution in [3.05, 3.63) is 36.2 Å². The monoisotopic (exact) mass is 175 g/mol. The Hall–Kier alpha value is -1.11. The van der Waals surface area contributed by atoms with E-state index in [1.165, 1.54) is 17.6 Å². The van der Waals surface area contributed by atoms with Crippen molar-refractivity contribution in [2.24, 2.45) is 5.92 Å². The molecule has 0 radical (unpaired) electrons. The molecule has 1 heterocycles. The fourth-order valence-corrected chi connectivity index (χ4v) is 1.24. The van der Waals surface area contributed by atoms with Crippen LogP contribution in [0.2, 0.25) is 0 Å². The van der Waals surface area contributed by atoms with Gasteiger partial charge in [0, 0.05) is 12.4 Å². The molecule has 1 heteroatoms. The first kappa shape index (κ1) is 9.97. The van der Waals surface area contributed by atoms with Crippen LogP contribution in [-0.4, -0.2) is 4.98 Å². The summed E-state index contributed by atoms with van der Waals surface area (Å²) < 4.78 is 0. The fraction of sp³-hybridized carbons (Fsp3) is 0.417. The van der Waals surface area contributed by atoms with Crippen molar-refractivity contribution in [3.8, 4) is 0 Å². The summed E-state index contributed by atoms with van der Waals surface area (Å²) in [6.45, 7) is 6.58. The highest BCUT2D eigenvalue weighted by Crippen LogP contribution is 2.15. The molecule has 0 aliphatic heterocycles. The summed E-state index contributed by atoms with van der Waals surface area (Å²) in [6, 6.07) is 4.07. The first-order valence-electron chi connectivity index (χ1n) is 4.83. The van der Waals surface area contributed by atoms with Gasteiger partial charge in [0.15, 0.2) is 0 Å². The summed E-state index contributed by atoms with van der Waals surface area (Å²) in [5.41, 5.74) is 2.55. The zero-order valence-electron chi connectivity index (χ0n) is 8.62. The maximum absolute atomic E-state index is 4.10. The lowest BCUT2D eigenvalue weighted by Gasteiger charge is -2.05. The summed E-state index contributed by atoms with van der Waals surface area (Å²) in [6.07, 6.45) is 7.21. The Balaban J connectivity index is 2.79. The van der Waals surface area contributed by atoms with Crippen LogP contribution in [0.3, 0.4) is 0 Å². The number of allylic oxidation sites excluding steroid dienone is 2. The molecule has 0 aliphatic rings. The van der Waals surface area contributed by atoms with E-state index in [9.17, 15) is 0 Å². The zero-order chi connectivity index (χ0) is 9.68. The van der Waals surface area contributed by atoms with Crippen molar-refractivity contribution in [2.75, 3.05) is 0 Å². The lowest BCUT2D eigenvalue weighted by Crippen LogP contribution is -1.88. The van der Waals surface area contributed by atoms with Gasteiger partial charge in [0.2, 0.25) is 0 Å². The summed E-state index contributed by atoms with van der Waals surface area (Å²) in [4.78, 5) is 4.10. The summed E-state index contributed by atoms with van der Waals surface area (Å²) in [5, 5.41) is 0. The van der Waals surface area contributed by atoms with Crippen LogP contribution in [0, 0.1) is 5.92 Å². The predicted octanol–water partition coefficient (Wildman–Crippen LogP) is 3.53. The van der Waals surface area contributed by atoms with Crippen LogP contribution in [0.15, 0.2) is 30.6 Å². The first-order valence-corrected chi connectivity index (χ1v) is 4.83. The molecule has 0 aliphatic carbocycles. The Morgan fingerprint density at radius 1 is 1.62 bits per heavy atom. The SMILES string of the molecule is CCC(C)C=C(C)c1cccnc1. The number of hydrogen-bond acceptors (Lipinski definition) is 1. The molecule has 70 valence electrons. The maximum atomic E-state index is 4.10. The van der Waals surface area contributed by atoms with Gasteiger partial charge in [-0.05, 0) is 30.0 Å². The summed E-state index contributed by atoms with van der Waals surface area (Å²) >= 11 is 0. The summed E-state index contributed by atoms with van der Waals surface area (Å²) in [5.74, 6) is 0.653. The maximum Gasteiger partial charge on any atom is 0.0342 e. The molecule has 0 fully saturated rings. The number of pyridine rings is 1. The van der Waals surface area contributed by atoms with Crippen molar-refractivity contribution in [3.63, 3.8) is 0 Å². The van der Waals surface area contributed by atoms with Gasteiger partial charge in [-0.1, -0.05) is 32.4 Å². The Bertz CT molecular complexity index is 274. The molecule has 0 bridgehead atoms. The molecule has 1 nitrogen and oxygen atoms in total. The van der Waals surface area contributed by atoms with Crippen molar-refractivity contribution >= 4 is 5.57 Å². The molecular weight excluding hydrogens is 158 g/mol. The minimum atomic E-state index is 0.653. The highest BCUT2D eigenvalue weighted by molar-refractivity contribution is 5.62. The minimum Gasteiger partial charge on any atom is -0.264 e. The van der Waals surface area contributed by atoms with Gasteiger partial charge in [-0.15, -0.1) is 0 Å². The van der Waals surface area contributed by atoms with E-state index in [2.05, 4.69) is 37.9 Å². The number of aromatic nitrogens is 1. The lowest BCUT2D eigenvalue weighted by molar-refractivity contribution is 0.699. The molecular formula is C12H17N. The molecule has 0 saturated carbocycles. The van der Waals surface area contributed by atoms with Crippen LogP contribution in [0.5, 0.6) is 0 Å². The van der Waals surface area contributed by atoms with Gasteiger partial charge in [0.05, 0.1) is 0 Å². The summed E-state index contributed by atoms with van der Waals surface area (Å²) in [7, 11) is 0. The third-order valence-electron chi connectivity index (χ3n) is 2.30. The van der Waals surface area contributed by atoms with Gasteiger partial charge in [-0.25, -0.2) is 0 Å². The van der Waals surface area contributed by atoms with Crippen molar-refractivity contribution < 1.29 is 0 Å². The third-order valence-corrected chi connectivity index (χ3v) is 2.30. The second-order valence-electron chi connectivity index (χ2n) is 3.48. The van der Waals surface area contributed by atoms with Crippen LogP contribution >= 0.6 is 0 Å². The van der Waals surface area contributed by atoms with Crippen molar-refractivity contribution in [2.45, 2.75) is 27.2 Å². The van der Waals surface area contributed by atoms with E-state index in [1.54, 1.807) is 6.20 Å². The van der Waals surface area contributed by atoms with Crippen LogP contribution in [0.4, 0.5) is 0 Å². The Kier molecular flexibility index (Phi) is 3.69. The molecule has 0 aromatic carbocycles. The largest absolute Gasteiger partial charge is 0.264 e. The van der Waals surface area contributed by atoms with E-state index in [4.69, 9.17) is 0 Å². The van der Waals surface area contributed by atoms with Gasteiger partial charge >= 0.3 is 0 Å². The molecule has 0 saturated heterocycles. The zero-order valence-corrected chi connectivity index (χ0v) is 8.62. The van der Waals surface area contributed by atoms with Gasteiger partial charge in [0.1, 0.15) is 0 Å². The van der Waals surface area contributed by atoms with Crippen molar-refractivity contribution in [1.82, 2.24) is 4.98 Å². The van der Waals surface area contributed by atoms with Crippen molar-refractivity contribution in [1.29, 1.82) is 0 Å². The Labute approximate surface area is 80.5 Å². The number of hydrogen-bond donors (Lipinski definition) is 0. The average Bonchev–Trinajstić information content (AvgIpc) is 2.19. The Morgan fingerprint density at radius 3 is 2.92 bits per heavy atom. The molecule has 0 N–H and O–H groups in total. The smallest absolute Gasteiger partial charge is 0.0342 e. The van der Waals surface area contributed by atoms with Crippen LogP contribution in [-0.2, 0) is 0 Å². The normalized spacial score (nSPS) is 14.2. The van der Waals surface area contributed by atoms with E-state index in [0.29, 0.717) is 5.92 Å². The molecule has 1 unspecified atom stereocenters. The van der Waals surface area contributed by atoms with E-state index in [-0.39, 0.29) is 0 Å². The van der Waals surface area contributed by atoms with Gasteiger partial charge < -0.3 is 0 Å². The van der Waals surface area contributed by atoms with Gasteiger partial charge in [0.25, 0.3) is 0 Å². The number of rotatable bonds is 3. The van der Waals surface area contributed by atoms with E-state index < -0.39 is 0 Å². The molecule has 0 amide bonds. The lowest BCUT2D eigenvalue weighted by atomic mass is 10.0. The first-order chi connectivity index (χ1) is 6.24. The van der Waals surface area contributed by atoms with Crippen LogP contribution < -0.4 is 0 Å². The molecule has 1 aromatic rings. The fourth-order valence-electron chi connectivity index (χ4n) is 1.24. The highest BCUT2D eigenvalue weighted by Gasteiger charge is 1.97. The van der Waals surface area contributed by atoms with Crippen LogP contribution in [0.1, 0.15) is 32.8 Å². The standard InChI is InChI=1S/C12H17N/c1-4-10(2)8-11(3)12-6-5-7-13-9-12/h5-10H,4H2,1-3H3. The average molecular weight is 175 g/mol. The Morgan fingerprint density at radius 2 is 2.38 bits per heavy atom. The number of nitrogens with zero attached hydrogens (tertiary/aromatic N) is 1. The minimum absolute atomic E-state index is 0.653. The molecule has 1 rings (SSSR count). The van der Waals surface area contributed by atoms with E-state index >= 15 is 0 Å². The van der Waals surface area contributed by atoms with E-state index in [0.717, 1.165) is 0 Å². The van der Waals surface area contributed by atoms with Crippen LogP contribution in [0.25, 0.3) is 5.57 Å². The van der Waals surface area contributed by atoms with Gasteiger partial charge in [-0.2, -0.15) is 0 Å². The molecule has 1 aromatic heterocycles. The molecule has 1 atom stereocenters. The quantitative estimate of drug-likeness (QED) is 0.684. The molecule has 13 heavy (non-hydrogen) atoms. The molecule has 0 spiro atoms. The second-order valence-corrected chi connectivity index (χ2v) is 3.48. The van der Waals surface area contributed by atoms with E-state index in [1.807, 2.05) is 12.3 Å². The van der Waals surface area contributed by atoms with Gasteiger partial charge in [-0.3, -0.25) is 4.98 Å². The highest BCUT2D eigenvalue weighted by atomic mass is 14.6. The third kappa shape index (κ3) is 3.02. The predicted molar refractivity (Wildman–Crippen MR) is 57.3 cm³/mol. The second kappa shape index (κ2) is 4.80. The topological polar surface area (TPSA) is 12.9 Å².